The van der Waals surface area contributed by atoms with E-state index in [0.29, 0.717) is 13.0 Å². The van der Waals surface area contributed by atoms with Crippen molar-refractivity contribution in [2.24, 2.45) is 5.14 Å². The molecule has 1 fully saturated rings. The van der Waals surface area contributed by atoms with Crippen LogP contribution >= 0.6 is 0 Å². The second kappa shape index (κ2) is 3.51. The van der Waals surface area contributed by atoms with Crippen molar-refractivity contribution >= 4 is 16.1 Å². The molecule has 0 radical (unpaired) electrons. The van der Waals surface area contributed by atoms with E-state index in [4.69, 9.17) is 5.14 Å². The minimum absolute atomic E-state index is 0.130. The topological polar surface area (TPSA) is 89.7 Å². The van der Waals surface area contributed by atoms with Crippen LogP contribution in [0.15, 0.2) is 0 Å². The molecule has 1 atom stereocenters. The highest BCUT2D eigenvalue weighted by Crippen LogP contribution is 2.15. The van der Waals surface area contributed by atoms with E-state index in [1.165, 1.54) is 12.0 Å². The van der Waals surface area contributed by atoms with E-state index >= 15 is 0 Å². The summed E-state index contributed by atoms with van der Waals surface area (Å²) in [7, 11) is -2.27. The number of hydrogen-bond acceptors (Lipinski definition) is 4. The highest BCUT2D eigenvalue weighted by atomic mass is 32.2. The van der Waals surface area contributed by atoms with Crippen LogP contribution < -0.4 is 5.14 Å². The zero-order valence-corrected chi connectivity index (χ0v) is 8.08. The Balaban J connectivity index is 2.60. The van der Waals surface area contributed by atoms with Crippen molar-refractivity contribution in [2.45, 2.75) is 11.7 Å². The first kappa shape index (κ1) is 10.3. The molecule has 1 saturated heterocycles. The predicted molar refractivity (Wildman–Crippen MR) is 45.5 cm³/mol. The minimum atomic E-state index is -3.53. The molecule has 0 aromatic rings. The van der Waals surface area contributed by atoms with Crippen molar-refractivity contribution in [2.75, 3.05) is 20.2 Å². The van der Waals surface area contributed by atoms with Crippen molar-refractivity contribution in [1.82, 2.24) is 4.90 Å². The maximum atomic E-state index is 11.0. The number of sulfonamides is 1. The molecule has 0 bridgehead atoms. The van der Waals surface area contributed by atoms with Gasteiger partial charge in [0.15, 0.2) is 0 Å². The van der Waals surface area contributed by atoms with Gasteiger partial charge in [-0.3, -0.25) is 0 Å². The van der Waals surface area contributed by atoms with Gasteiger partial charge in [-0.2, -0.15) is 0 Å². The molecule has 0 saturated carbocycles. The fourth-order valence-corrected chi connectivity index (χ4v) is 2.11. The summed E-state index contributed by atoms with van der Waals surface area (Å²) in [5, 5.41) is 4.29. The summed E-state index contributed by atoms with van der Waals surface area (Å²) in [5.74, 6) is 0. The number of rotatable bonds is 1. The van der Waals surface area contributed by atoms with E-state index in [1.54, 1.807) is 0 Å². The van der Waals surface area contributed by atoms with Crippen LogP contribution in [0.2, 0.25) is 0 Å². The lowest BCUT2D eigenvalue weighted by atomic mass is 10.4. The van der Waals surface area contributed by atoms with E-state index in [1.807, 2.05) is 0 Å². The number of nitrogens with two attached hydrogens (primary N) is 1. The van der Waals surface area contributed by atoms with Crippen LogP contribution in [0.1, 0.15) is 6.42 Å². The van der Waals surface area contributed by atoms with Crippen LogP contribution in [-0.2, 0) is 14.8 Å². The molecule has 76 valence electrons. The molecule has 7 heteroatoms. The molecular formula is C6H12N2O4S. The Bertz CT molecular complexity index is 300. The van der Waals surface area contributed by atoms with Crippen LogP contribution in [0, 0.1) is 0 Å². The summed E-state index contributed by atoms with van der Waals surface area (Å²) in [6.45, 7) is 0.513. The number of hydrogen-bond donors (Lipinski definition) is 1. The van der Waals surface area contributed by atoms with Crippen LogP contribution in [0.4, 0.5) is 4.79 Å². The van der Waals surface area contributed by atoms with Gasteiger partial charge in [0.25, 0.3) is 0 Å². The fourth-order valence-electron chi connectivity index (χ4n) is 1.29. The molecule has 0 spiro atoms. The third-order valence-electron chi connectivity index (χ3n) is 2.04. The van der Waals surface area contributed by atoms with Gasteiger partial charge >= 0.3 is 6.09 Å². The average Bonchev–Trinajstić information content (AvgIpc) is 2.50. The minimum Gasteiger partial charge on any atom is -0.453 e. The van der Waals surface area contributed by atoms with E-state index in [-0.39, 0.29) is 6.54 Å². The molecule has 1 rings (SSSR count). The zero-order valence-electron chi connectivity index (χ0n) is 7.26. The Labute approximate surface area is 76.7 Å². The Morgan fingerprint density at radius 2 is 2.23 bits per heavy atom. The van der Waals surface area contributed by atoms with Crippen molar-refractivity contribution in [3.63, 3.8) is 0 Å². The number of carbonyl (C=O) groups is 1. The molecular weight excluding hydrogens is 196 g/mol. The summed E-state index contributed by atoms with van der Waals surface area (Å²) >= 11 is 0. The standard InChI is InChI=1S/C6H12N2O4S/c1-12-6(9)8-3-2-5(4-8)13(7,10)11/h5H,2-4H2,1H3,(H2,7,10,11). The SMILES string of the molecule is COC(=O)N1CCC(S(N)(=O)=O)C1. The lowest BCUT2D eigenvalue weighted by molar-refractivity contribution is 0.133. The van der Waals surface area contributed by atoms with Crippen LogP contribution in [0.5, 0.6) is 0 Å². The number of likely N-dealkylation sites (tertiary alicyclic amines) is 1. The van der Waals surface area contributed by atoms with E-state index in [9.17, 15) is 13.2 Å². The van der Waals surface area contributed by atoms with Crippen molar-refractivity contribution < 1.29 is 17.9 Å². The van der Waals surface area contributed by atoms with Gasteiger partial charge in [-0.05, 0) is 6.42 Å². The molecule has 0 aromatic heterocycles. The number of carbonyl (C=O) groups excluding carboxylic acids is 1. The van der Waals surface area contributed by atoms with Gasteiger partial charge in [0.1, 0.15) is 0 Å². The molecule has 2 N–H and O–H groups in total. The molecule has 13 heavy (non-hydrogen) atoms. The molecule has 0 aromatic carbocycles. The molecule has 6 nitrogen and oxygen atoms in total. The average molecular weight is 208 g/mol. The maximum absolute atomic E-state index is 11.0. The first-order valence-corrected chi connectivity index (χ1v) is 5.40. The van der Waals surface area contributed by atoms with Gasteiger partial charge in [0.2, 0.25) is 10.0 Å². The number of amides is 1. The number of ether oxygens (including phenoxy) is 1. The summed E-state index contributed by atoms with van der Waals surface area (Å²) in [6, 6.07) is 0. The number of primary sulfonamides is 1. The van der Waals surface area contributed by atoms with Gasteiger partial charge in [-0.15, -0.1) is 0 Å². The Kier molecular flexibility index (Phi) is 2.77. The summed E-state index contributed by atoms with van der Waals surface area (Å²) in [5.41, 5.74) is 0. The third-order valence-corrected chi connectivity index (χ3v) is 3.36. The van der Waals surface area contributed by atoms with Gasteiger partial charge in [-0.25, -0.2) is 18.4 Å². The zero-order chi connectivity index (χ0) is 10.1. The van der Waals surface area contributed by atoms with Crippen LogP contribution in [0.3, 0.4) is 0 Å². The largest absolute Gasteiger partial charge is 0.453 e. The first-order chi connectivity index (χ1) is 5.95. The second-order valence-electron chi connectivity index (χ2n) is 2.92. The van der Waals surface area contributed by atoms with Gasteiger partial charge in [0, 0.05) is 13.1 Å². The Morgan fingerprint density at radius 3 is 2.62 bits per heavy atom. The van der Waals surface area contributed by atoms with E-state index in [2.05, 4.69) is 4.74 Å². The third kappa shape index (κ3) is 2.31. The quantitative estimate of drug-likeness (QED) is 0.605. The fraction of sp³-hybridized carbons (Fsp3) is 0.833. The predicted octanol–water partition coefficient (Wildman–Crippen LogP) is -0.884. The van der Waals surface area contributed by atoms with E-state index < -0.39 is 21.4 Å². The monoisotopic (exact) mass is 208 g/mol. The summed E-state index contributed by atoms with van der Waals surface area (Å²) in [4.78, 5) is 12.3. The molecule has 1 heterocycles. The molecule has 1 aliphatic heterocycles. The summed E-state index contributed by atoms with van der Waals surface area (Å²) in [6.07, 6.45) is -0.125. The second-order valence-corrected chi connectivity index (χ2v) is 4.76. The maximum Gasteiger partial charge on any atom is 0.409 e. The van der Waals surface area contributed by atoms with Gasteiger partial charge in [-0.1, -0.05) is 0 Å². The van der Waals surface area contributed by atoms with Crippen molar-refractivity contribution in [3.05, 3.63) is 0 Å². The molecule has 1 unspecified atom stereocenters. The van der Waals surface area contributed by atoms with Crippen molar-refractivity contribution in [1.29, 1.82) is 0 Å². The highest BCUT2D eigenvalue weighted by Gasteiger charge is 2.33. The van der Waals surface area contributed by atoms with Crippen LogP contribution in [0.25, 0.3) is 0 Å². The Morgan fingerprint density at radius 1 is 1.62 bits per heavy atom. The molecule has 0 aliphatic carbocycles. The lowest BCUT2D eigenvalue weighted by Gasteiger charge is -2.13. The molecule has 1 amide bonds. The Hall–Kier alpha value is -0.820. The summed E-state index contributed by atoms with van der Waals surface area (Å²) < 4.78 is 26.2. The molecule has 1 aliphatic rings. The first-order valence-electron chi connectivity index (χ1n) is 3.79. The smallest absolute Gasteiger partial charge is 0.409 e. The van der Waals surface area contributed by atoms with Crippen LogP contribution in [-0.4, -0.2) is 44.9 Å². The highest BCUT2D eigenvalue weighted by molar-refractivity contribution is 7.89. The number of nitrogens with zero attached hydrogens (tertiary/aromatic N) is 1. The van der Waals surface area contributed by atoms with Gasteiger partial charge < -0.3 is 9.64 Å². The number of methoxy groups -OCH3 is 1. The van der Waals surface area contributed by atoms with Crippen molar-refractivity contribution in [3.8, 4) is 0 Å². The normalized spacial score (nSPS) is 23.2. The lowest BCUT2D eigenvalue weighted by Crippen LogP contribution is -2.34. The van der Waals surface area contributed by atoms with E-state index in [0.717, 1.165) is 0 Å². The van der Waals surface area contributed by atoms with Gasteiger partial charge in [0.05, 0.1) is 12.4 Å².